The molecule has 0 bridgehead atoms. The van der Waals surface area contributed by atoms with Gasteiger partial charge in [-0.15, -0.1) is 0 Å². The van der Waals surface area contributed by atoms with E-state index in [4.69, 9.17) is 37.4 Å². The standard InChI is InChI=1S/C18H24Cl2O4/c1-3-14-12-16(23-9-6-17(19)20)13-15(4-2)18(14)24-11-10-22-8-5-7-21/h6-7,12-13H,3-5,8-11H2,1-2H3. The first-order chi connectivity index (χ1) is 11.6. The van der Waals surface area contributed by atoms with Crippen molar-refractivity contribution in [3.63, 3.8) is 0 Å². The summed E-state index contributed by atoms with van der Waals surface area (Å²) in [6.07, 6.45) is 4.51. The second-order valence-electron chi connectivity index (χ2n) is 5.00. The molecule has 1 rings (SSSR count). The number of halogens is 2. The molecule has 0 radical (unpaired) electrons. The highest BCUT2D eigenvalue weighted by atomic mass is 35.5. The summed E-state index contributed by atoms with van der Waals surface area (Å²) in [4.78, 5) is 10.2. The lowest BCUT2D eigenvalue weighted by Gasteiger charge is -2.17. The Morgan fingerprint density at radius 1 is 1.04 bits per heavy atom. The Kier molecular flexibility index (Phi) is 10.6. The van der Waals surface area contributed by atoms with Crippen molar-refractivity contribution >= 4 is 29.5 Å². The lowest BCUT2D eigenvalue weighted by Crippen LogP contribution is -2.10. The molecule has 0 atom stereocenters. The smallest absolute Gasteiger partial charge is 0.126 e. The number of carbonyl (C=O) groups is 1. The molecule has 134 valence electrons. The minimum Gasteiger partial charge on any atom is -0.491 e. The molecule has 0 aromatic heterocycles. The van der Waals surface area contributed by atoms with Crippen LogP contribution in [-0.2, 0) is 22.4 Å². The van der Waals surface area contributed by atoms with Gasteiger partial charge in [0.2, 0.25) is 0 Å². The number of aldehydes is 1. The molecule has 0 saturated carbocycles. The van der Waals surface area contributed by atoms with Crippen molar-refractivity contribution in [2.75, 3.05) is 26.4 Å². The van der Waals surface area contributed by atoms with E-state index in [1.807, 2.05) is 12.1 Å². The summed E-state index contributed by atoms with van der Waals surface area (Å²) < 4.78 is 17.1. The first-order valence-electron chi connectivity index (χ1n) is 8.06. The van der Waals surface area contributed by atoms with Crippen molar-refractivity contribution in [1.82, 2.24) is 0 Å². The molecule has 0 aliphatic carbocycles. The van der Waals surface area contributed by atoms with Crippen LogP contribution in [0.15, 0.2) is 22.7 Å². The summed E-state index contributed by atoms with van der Waals surface area (Å²) in [6, 6.07) is 3.94. The fourth-order valence-corrected chi connectivity index (χ4v) is 2.28. The molecule has 0 N–H and O–H groups in total. The first-order valence-corrected chi connectivity index (χ1v) is 8.81. The maximum atomic E-state index is 10.2. The Morgan fingerprint density at radius 2 is 1.71 bits per heavy atom. The number of aryl methyl sites for hydroxylation is 2. The van der Waals surface area contributed by atoms with Gasteiger partial charge in [-0.3, -0.25) is 0 Å². The SMILES string of the molecule is CCc1cc(OCC=C(Cl)Cl)cc(CC)c1OCCOCCC=O. The zero-order chi connectivity index (χ0) is 17.8. The summed E-state index contributed by atoms with van der Waals surface area (Å²) in [7, 11) is 0. The van der Waals surface area contributed by atoms with Gasteiger partial charge < -0.3 is 19.0 Å². The Labute approximate surface area is 153 Å². The van der Waals surface area contributed by atoms with Crippen molar-refractivity contribution in [3.05, 3.63) is 33.8 Å². The second-order valence-corrected chi connectivity index (χ2v) is 6.01. The van der Waals surface area contributed by atoms with Gasteiger partial charge in [-0.25, -0.2) is 0 Å². The van der Waals surface area contributed by atoms with Crippen molar-refractivity contribution in [1.29, 1.82) is 0 Å². The predicted octanol–water partition coefficient (Wildman–Crippen LogP) is 4.49. The molecule has 1 aromatic rings. The van der Waals surface area contributed by atoms with E-state index in [9.17, 15) is 4.79 Å². The van der Waals surface area contributed by atoms with E-state index in [1.54, 1.807) is 6.08 Å². The number of benzene rings is 1. The van der Waals surface area contributed by atoms with Gasteiger partial charge in [0.15, 0.2) is 0 Å². The normalized spacial score (nSPS) is 10.3. The molecule has 0 spiro atoms. The van der Waals surface area contributed by atoms with Gasteiger partial charge in [0.05, 0.1) is 13.2 Å². The Balaban J connectivity index is 2.72. The molecule has 0 aliphatic heterocycles. The van der Waals surface area contributed by atoms with Crippen LogP contribution in [0.2, 0.25) is 0 Å². The van der Waals surface area contributed by atoms with Gasteiger partial charge >= 0.3 is 0 Å². The van der Waals surface area contributed by atoms with E-state index >= 15 is 0 Å². The molecular weight excluding hydrogens is 351 g/mol. The van der Waals surface area contributed by atoms with Gasteiger partial charge in [0.1, 0.15) is 35.5 Å². The van der Waals surface area contributed by atoms with Crippen molar-refractivity contribution in [2.24, 2.45) is 0 Å². The fraction of sp³-hybridized carbons (Fsp3) is 0.500. The van der Waals surface area contributed by atoms with Crippen LogP contribution in [0.5, 0.6) is 11.5 Å². The number of ether oxygens (including phenoxy) is 3. The highest BCUT2D eigenvalue weighted by Gasteiger charge is 2.11. The van der Waals surface area contributed by atoms with Crippen molar-refractivity contribution < 1.29 is 19.0 Å². The van der Waals surface area contributed by atoms with Crippen molar-refractivity contribution in [2.45, 2.75) is 33.1 Å². The Hall–Kier alpha value is -1.23. The molecule has 0 heterocycles. The molecule has 24 heavy (non-hydrogen) atoms. The summed E-state index contributed by atoms with van der Waals surface area (Å²) in [6.45, 7) is 5.79. The Bertz CT molecular complexity index is 515. The van der Waals surface area contributed by atoms with Crippen LogP contribution in [0.4, 0.5) is 0 Å². The summed E-state index contributed by atoms with van der Waals surface area (Å²) in [5.41, 5.74) is 2.16. The van der Waals surface area contributed by atoms with E-state index in [0.717, 1.165) is 41.8 Å². The molecule has 0 saturated heterocycles. The molecule has 0 fully saturated rings. The summed E-state index contributed by atoms with van der Waals surface area (Å²) in [5, 5.41) is 0. The van der Waals surface area contributed by atoms with Gasteiger partial charge in [0, 0.05) is 6.42 Å². The highest BCUT2D eigenvalue weighted by Crippen LogP contribution is 2.31. The summed E-state index contributed by atoms with van der Waals surface area (Å²) in [5.74, 6) is 1.65. The number of hydrogen-bond donors (Lipinski definition) is 0. The van der Waals surface area contributed by atoms with Crippen LogP contribution >= 0.6 is 23.2 Å². The predicted molar refractivity (Wildman–Crippen MR) is 97.5 cm³/mol. The molecule has 0 unspecified atom stereocenters. The van der Waals surface area contributed by atoms with Gasteiger partial charge in [-0.2, -0.15) is 0 Å². The van der Waals surface area contributed by atoms with Crippen LogP contribution in [0.25, 0.3) is 0 Å². The van der Waals surface area contributed by atoms with E-state index in [1.165, 1.54) is 0 Å². The number of carbonyl (C=O) groups excluding carboxylic acids is 1. The average molecular weight is 375 g/mol. The van der Waals surface area contributed by atoms with Crippen LogP contribution in [0.3, 0.4) is 0 Å². The van der Waals surface area contributed by atoms with Crippen LogP contribution in [0, 0.1) is 0 Å². The van der Waals surface area contributed by atoms with Gasteiger partial charge in [0.25, 0.3) is 0 Å². The Morgan fingerprint density at radius 3 is 2.25 bits per heavy atom. The second kappa shape index (κ2) is 12.2. The van der Waals surface area contributed by atoms with E-state index in [-0.39, 0.29) is 4.49 Å². The lowest BCUT2D eigenvalue weighted by atomic mass is 10.0. The maximum Gasteiger partial charge on any atom is 0.126 e. The minimum atomic E-state index is 0.191. The third-order valence-corrected chi connectivity index (χ3v) is 3.63. The molecule has 6 heteroatoms. The fourth-order valence-electron chi connectivity index (χ4n) is 2.15. The quantitative estimate of drug-likeness (QED) is 0.399. The zero-order valence-electron chi connectivity index (χ0n) is 14.1. The molecule has 0 aliphatic rings. The third-order valence-electron chi connectivity index (χ3n) is 3.32. The zero-order valence-corrected chi connectivity index (χ0v) is 15.7. The summed E-state index contributed by atoms with van der Waals surface area (Å²) >= 11 is 11.2. The van der Waals surface area contributed by atoms with Gasteiger partial charge in [-0.05, 0) is 42.2 Å². The van der Waals surface area contributed by atoms with Crippen LogP contribution in [0.1, 0.15) is 31.4 Å². The van der Waals surface area contributed by atoms with Crippen LogP contribution in [-0.4, -0.2) is 32.7 Å². The topological polar surface area (TPSA) is 44.8 Å². The average Bonchev–Trinajstić information content (AvgIpc) is 2.57. The van der Waals surface area contributed by atoms with E-state index in [2.05, 4.69) is 13.8 Å². The number of rotatable bonds is 12. The third kappa shape index (κ3) is 7.56. The molecule has 0 amide bonds. The largest absolute Gasteiger partial charge is 0.491 e. The van der Waals surface area contributed by atoms with E-state index in [0.29, 0.717) is 32.8 Å². The van der Waals surface area contributed by atoms with E-state index < -0.39 is 0 Å². The monoisotopic (exact) mass is 374 g/mol. The lowest BCUT2D eigenvalue weighted by molar-refractivity contribution is -0.108. The maximum absolute atomic E-state index is 10.2. The van der Waals surface area contributed by atoms with Crippen LogP contribution < -0.4 is 9.47 Å². The van der Waals surface area contributed by atoms with Crippen molar-refractivity contribution in [3.8, 4) is 11.5 Å². The molecule has 4 nitrogen and oxygen atoms in total. The number of hydrogen-bond acceptors (Lipinski definition) is 4. The van der Waals surface area contributed by atoms with Gasteiger partial charge in [-0.1, -0.05) is 37.0 Å². The highest BCUT2D eigenvalue weighted by molar-refractivity contribution is 6.55. The molecular formula is C18H24Cl2O4. The molecule has 1 aromatic carbocycles. The first kappa shape index (κ1) is 20.8. The minimum absolute atomic E-state index is 0.191.